The molecule has 1 amide bonds. The summed E-state index contributed by atoms with van der Waals surface area (Å²) < 4.78 is 78.1. The predicted molar refractivity (Wildman–Crippen MR) is 124 cm³/mol. The van der Waals surface area contributed by atoms with Gasteiger partial charge in [0.15, 0.2) is 11.5 Å². The van der Waals surface area contributed by atoms with E-state index in [-0.39, 0.29) is 21.8 Å². The number of hydrogen-bond donors (Lipinski definition) is 0. The molecule has 192 valence electrons. The van der Waals surface area contributed by atoms with E-state index < -0.39 is 46.4 Å². The second-order valence-corrected chi connectivity index (χ2v) is 8.86. The second kappa shape index (κ2) is 9.62. The predicted octanol–water partition coefficient (Wildman–Crippen LogP) is 6.77. The third-order valence-corrected chi connectivity index (χ3v) is 6.43. The van der Waals surface area contributed by atoms with Crippen LogP contribution in [-0.2, 0) is 6.18 Å². The van der Waals surface area contributed by atoms with E-state index in [4.69, 9.17) is 16.1 Å². The van der Waals surface area contributed by atoms with Crippen molar-refractivity contribution in [2.75, 3.05) is 13.1 Å². The summed E-state index contributed by atoms with van der Waals surface area (Å²) in [4.78, 5) is 15.1. The Morgan fingerprint density at radius 1 is 0.973 bits per heavy atom. The molecule has 12 heteroatoms. The Hall–Kier alpha value is -3.73. The Morgan fingerprint density at radius 2 is 1.68 bits per heavy atom. The number of likely N-dealkylation sites (tertiary alicyclic amines) is 1. The topological polar surface area (TPSA) is 64.2 Å². The lowest BCUT2D eigenvalue weighted by molar-refractivity contribution is -0.142. The molecule has 3 heterocycles. The molecule has 1 aliphatic rings. The number of aromatic nitrogens is 3. The van der Waals surface area contributed by atoms with Crippen LogP contribution >= 0.6 is 11.6 Å². The molecule has 37 heavy (non-hydrogen) atoms. The van der Waals surface area contributed by atoms with Crippen LogP contribution < -0.4 is 0 Å². The highest BCUT2D eigenvalue weighted by Crippen LogP contribution is 2.43. The van der Waals surface area contributed by atoms with Gasteiger partial charge >= 0.3 is 6.18 Å². The van der Waals surface area contributed by atoms with E-state index in [0.717, 1.165) is 30.8 Å². The van der Waals surface area contributed by atoms with Crippen molar-refractivity contribution in [1.82, 2.24) is 19.8 Å². The molecule has 6 nitrogen and oxygen atoms in total. The lowest BCUT2D eigenvalue weighted by atomic mass is 9.99. The quantitative estimate of drug-likeness (QED) is 0.270. The van der Waals surface area contributed by atoms with Crippen molar-refractivity contribution in [1.29, 1.82) is 0 Å². The van der Waals surface area contributed by atoms with Crippen LogP contribution in [0.15, 0.2) is 53.2 Å². The first-order chi connectivity index (χ1) is 17.7. The summed E-state index contributed by atoms with van der Waals surface area (Å²) in [5.41, 5.74) is -3.49. The zero-order valence-electron chi connectivity index (χ0n) is 19.0. The zero-order valence-corrected chi connectivity index (χ0v) is 19.8. The number of benzene rings is 2. The molecule has 1 fully saturated rings. The van der Waals surface area contributed by atoms with E-state index in [1.807, 2.05) is 0 Å². The first-order valence-corrected chi connectivity index (χ1v) is 11.7. The van der Waals surface area contributed by atoms with Gasteiger partial charge in [0.25, 0.3) is 5.91 Å². The van der Waals surface area contributed by atoms with Gasteiger partial charge in [-0.2, -0.15) is 18.3 Å². The van der Waals surface area contributed by atoms with Crippen molar-refractivity contribution in [2.24, 2.45) is 0 Å². The van der Waals surface area contributed by atoms with Crippen LogP contribution in [-0.4, -0.2) is 38.8 Å². The molecule has 0 saturated carbocycles. The molecule has 5 rings (SSSR count). The molecule has 0 bridgehead atoms. The van der Waals surface area contributed by atoms with Crippen LogP contribution in [0, 0.1) is 11.6 Å². The number of hydrogen-bond acceptors (Lipinski definition) is 4. The van der Waals surface area contributed by atoms with Gasteiger partial charge in [-0.25, -0.2) is 13.5 Å². The van der Waals surface area contributed by atoms with Crippen LogP contribution in [0.3, 0.4) is 0 Å². The summed E-state index contributed by atoms with van der Waals surface area (Å²) in [5.74, 6) is -3.03. The standard InChI is InChI=1S/C25H18ClF5N4O2/c26-15-7-6-9-17(28)19(15)21-20(24(36)34-11-4-1-5-12-34)22(37-33-21)14-13-32-35(23(14)25(29,30)31)18-10-3-2-8-16(18)27/h2-3,6-10,13H,1,4-5,11-12H2. The Bertz CT molecular complexity index is 1450. The van der Waals surface area contributed by atoms with Gasteiger partial charge in [0, 0.05) is 13.1 Å². The Morgan fingerprint density at radius 3 is 2.35 bits per heavy atom. The van der Waals surface area contributed by atoms with E-state index in [1.54, 1.807) is 0 Å². The summed E-state index contributed by atoms with van der Waals surface area (Å²) in [6.07, 6.45) is -1.94. The third-order valence-electron chi connectivity index (χ3n) is 6.11. The largest absolute Gasteiger partial charge is 0.434 e. The summed E-state index contributed by atoms with van der Waals surface area (Å²) >= 11 is 6.20. The van der Waals surface area contributed by atoms with E-state index in [1.165, 1.54) is 29.2 Å². The van der Waals surface area contributed by atoms with E-state index in [2.05, 4.69) is 10.3 Å². The molecular formula is C25H18ClF5N4O2. The molecule has 2 aromatic carbocycles. The van der Waals surface area contributed by atoms with Crippen LogP contribution in [0.4, 0.5) is 22.0 Å². The molecular weight excluding hydrogens is 519 g/mol. The van der Waals surface area contributed by atoms with E-state index in [0.29, 0.717) is 30.6 Å². The molecule has 0 aliphatic carbocycles. The molecule has 2 aromatic heterocycles. The van der Waals surface area contributed by atoms with Crippen molar-refractivity contribution in [3.8, 4) is 28.3 Å². The number of amides is 1. The van der Waals surface area contributed by atoms with Crippen molar-refractivity contribution in [3.63, 3.8) is 0 Å². The third kappa shape index (κ3) is 4.48. The number of carbonyl (C=O) groups excluding carboxylic acids is 1. The monoisotopic (exact) mass is 536 g/mol. The molecule has 0 spiro atoms. The van der Waals surface area contributed by atoms with Crippen molar-refractivity contribution in [2.45, 2.75) is 25.4 Å². The lowest BCUT2D eigenvalue weighted by Gasteiger charge is -2.26. The van der Waals surface area contributed by atoms with Gasteiger partial charge in [-0.15, -0.1) is 0 Å². The minimum atomic E-state index is -5.04. The maximum absolute atomic E-state index is 14.8. The zero-order chi connectivity index (χ0) is 26.3. The highest BCUT2D eigenvalue weighted by atomic mass is 35.5. The Labute approximate surface area is 212 Å². The maximum Gasteiger partial charge on any atom is 0.434 e. The summed E-state index contributed by atoms with van der Waals surface area (Å²) in [5, 5.41) is 7.46. The minimum Gasteiger partial charge on any atom is -0.355 e. The highest BCUT2D eigenvalue weighted by molar-refractivity contribution is 6.33. The van der Waals surface area contributed by atoms with Crippen LogP contribution in [0.2, 0.25) is 5.02 Å². The van der Waals surface area contributed by atoms with Crippen molar-refractivity contribution in [3.05, 3.63) is 76.6 Å². The summed E-state index contributed by atoms with van der Waals surface area (Å²) in [6, 6.07) is 8.60. The minimum absolute atomic E-state index is 0.106. The fourth-order valence-electron chi connectivity index (χ4n) is 4.42. The average molecular weight is 537 g/mol. The normalized spacial score (nSPS) is 14.3. The number of halogens is 6. The SMILES string of the molecule is O=C(c1c(-c2c(F)cccc2Cl)noc1-c1cnn(-c2ccccc2F)c1C(F)(F)F)N1CCCCC1. The van der Waals surface area contributed by atoms with Crippen LogP contribution in [0.1, 0.15) is 35.3 Å². The number of nitrogens with zero attached hydrogens (tertiary/aromatic N) is 4. The Kier molecular flexibility index (Phi) is 6.49. The van der Waals surface area contributed by atoms with E-state index >= 15 is 0 Å². The molecule has 4 aromatic rings. The van der Waals surface area contributed by atoms with Crippen LogP contribution in [0.5, 0.6) is 0 Å². The second-order valence-electron chi connectivity index (χ2n) is 8.45. The van der Waals surface area contributed by atoms with Gasteiger partial charge in [-0.1, -0.05) is 35.0 Å². The number of alkyl halides is 3. The summed E-state index contributed by atoms with van der Waals surface area (Å²) in [6.45, 7) is 0.711. The first-order valence-electron chi connectivity index (χ1n) is 11.3. The summed E-state index contributed by atoms with van der Waals surface area (Å²) in [7, 11) is 0. The van der Waals surface area contributed by atoms with Gasteiger partial charge in [-0.3, -0.25) is 4.79 Å². The fourth-order valence-corrected chi connectivity index (χ4v) is 4.67. The number of carbonyl (C=O) groups is 1. The van der Waals surface area contributed by atoms with Gasteiger partial charge in [-0.05, 0) is 43.5 Å². The van der Waals surface area contributed by atoms with Crippen molar-refractivity contribution >= 4 is 17.5 Å². The highest BCUT2D eigenvalue weighted by Gasteiger charge is 2.43. The maximum atomic E-state index is 14.8. The fraction of sp³-hybridized carbons (Fsp3) is 0.240. The molecule has 0 atom stereocenters. The van der Waals surface area contributed by atoms with Crippen LogP contribution in [0.25, 0.3) is 28.3 Å². The van der Waals surface area contributed by atoms with Gasteiger partial charge in [0.2, 0.25) is 0 Å². The lowest BCUT2D eigenvalue weighted by Crippen LogP contribution is -2.36. The van der Waals surface area contributed by atoms with Gasteiger partial charge < -0.3 is 9.42 Å². The van der Waals surface area contributed by atoms with Gasteiger partial charge in [0.05, 0.1) is 22.3 Å². The first kappa shape index (κ1) is 24.9. The Balaban J connectivity index is 1.77. The molecule has 0 radical (unpaired) electrons. The molecule has 1 saturated heterocycles. The van der Waals surface area contributed by atoms with Gasteiger partial charge in [0.1, 0.15) is 28.6 Å². The number of para-hydroxylation sites is 1. The molecule has 0 N–H and O–H groups in total. The molecule has 1 aliphatic heterocycles. The van der Waals surface area contributed by atoms with Crippen molar-refractivity contribution < 1.29 is 31.3 Å². The molecule has 0 unspecified atom stereocenters. The van der Waals surface area contributed by atoms with E-state index in [9.17, 15) is 26.7 Å². The average Bonchev–Trinajstić information content (AvgIpc) is 3.49. The number of rotatable bonds is 4. The number of piperidine rings is 1. The smallest absolute Gasteiger partial charge is 0.355 e.